The zero-order valence-electron chi connectivity index (χ0n) is 16.2. The van der Waals surface area contributed by atoms with Crippen LogP contribution in [0.25, 0.3) is 0 Å². The van der Waals surface area contributed by atoms with Gasteiger partial charge in [0.05, 0.1) is 0 Å². The molecule has 0 aliphatic carbocycles. The number of thioether (sulfide) groups is 1. The van der Waals surface area contributed by atoms with Crippen LogP contribution in [0.5, 0.6) is 0 Å². The summed E-state index contributed by atoms with van der Waals surface area (Å²) in [5.74, 6) is 0.669. The lowest BCUT2D eigenvalue weighted by molar-refractivity contribution is -0.127. The van der Waals surface area contributed by atoms with Gasteiger partial charge >= 0.3 is 6.03 Å². The first-order chi connectivity index (χ1) is 13.6. The van der Waals surface area contributed by atoms with Crippen molar-refractivity contribution in [2.75, 3.05) is 32.4 Å². The Labute approximate surface area is 170 Å². The second-order valence-corrected chi connectivity index (χ2v) is 8.60. The van der Waals surface area contributed by atoms with Gasteiger partial charge in [-0.15, -0.1) is 0 Å². The second-order valence-electron chi connectivity index (χ2n) is 7.54. The monoisotopic (exact) mass is 401 g/mol. The van der Waals surface area contributed by atoms with Crippen molar-refractivity contribution in [1.29, 1.82) is 0 Å². The van der Waals surface area contributed by atoms with E-state index in [0.717, 1.165) is 23.0 Å². The quantitative estimate of drug-likeness (QED) is 0.817. The molecule has 0 radical (unpaired) electrons. The lowest BCUT2D eigenvalue weighted by Gasteiger charge is -2.36. The summed E-state index contributed by atoms with van der Waals surface area (Å²) >= 11 is 1.69. The number of amides is 3. The summed E-state index contributed by atoms with van der Waals surface area (Å²) in [5, 5.41) is 3.31. The van der Waals surface area contributed by atoms with Crippen LogP contribution in [0, 0.1) is 0 Å². The molecular formula is C20H27N5O2S. The largest absolute Gasteiger partial charge is 0.331 e. The van der Waals surface area contributed by atoms with Gasteiger partial charge < -0.3 is 14.7 Å². The van der Waals surface area contributed by atoms with Crippen LogP contribution in [0.1, 0.15) is 24.8 Å². The molecule has 4 rings (SSSR count). The molecule has 1 aromatic carbocycles. The highest BCUT2D eigenvalue weighted by molar-refractivity contribution is 8.13. The Morgan fingerprint density at radius 3 is 2.64 bits per heavy atom. The number of benzene rings is 1. The highest BCUT2D eigenvalue weighted by Gasteiger charge is 2.48. The fourth-order valence-electron chi connectivity index (χ4n) is 4.02. The highest BCUT2D eigenvalue weighted by Crippen LogP contribution is 2.30. The van der Waals surface area contributed by atoms with Crippen molar-refractivity contribution in [3.63, 3.8) is 0 Å². The van der Waals surface area contributed by atoms with E-state index in [1.165, 1.54) is 37.3 Å². The lowest BCUT2D eigenvalue weighted by Crippen LogP contribution is -2.63. The van der Waals surface area contributed by atoms with E-state index >= 15 is 0 Å². The zero-order valence-corrected chi connectivity index (χ0v) is 17.0. The van der Waals surface area contributed by atoms with Crippen LogP contribution in [0.2, 0.25) is 0 Å². The molecule has 2 fully saturated rings. The number of rotatable bonds is 5. The van der Waals surface area contributed by atoms with E-state index in [4.69, 9.17) is 4.99 Å². The van der Waals surface area contributed by atoms with Crippen LogP contribution in [0.4, 0.5) is 4.79 Å². The number of hydrogen-bond donors (Lipinski definition) is 1. The van der Waals surface area contributed by atoms with Gasteiger partial charge in [-0.05, 0) is 31.5 Å². The number of likely N-dealkylation sites (N-methyl/N-ethyl adjacent to an activating group) is 1. The summed E-state index contributed by atoms with van der Waals surface area (Å²) < 4.78 is 0. The van der Waals surface area contributed by atoms with Gasteiger partial charge in [0.1, 0.15) is 0 Å². The second kappa shape index (κ2) is 8.53. The van der Waals surface area contributed by atoms with Crippen molar-refractivity contribution in [3.8, 4) is 0 Å². The molecule has 150 valence electrons. The van der Waals surface area contributed by atoms with Crippen molar-refractivity contribution in [3.05, 3.63) is 35.9 Å². The van der Waals surface area contributed by atoms with Gasteiger partial charge in [0.25, 0.3) is 5.91 Å². The van der Waals surface area contributed by atoms with Crippen LogP contribution in [-0.4, -0.2) is 76.4 Å². The molecule has 1 aromatic rings. The summed E-state index contributed by atoms with van der Waals surface area (Å²) in [7, 11) is 1.70. The molecule has 2 saturated heterocycles. The molecule has 3 amide bonds. The Balaban J connectivity index is 1.48. The first-order valence-electron chi connectivity index (χ1n) is 9.94. The molecule has 0 aromatic heterocycles. The summed E-state index contributed by atoms with van der Waals surface area (Å²) in [6.45, 7) is 3.98. The smallest absolute Gasteiger partial charge is 0.325 e. The SMILES string of the molecule is CN1C(=O)NC(=O)C2C1N=C(SCCN1CCCCC1)N2Cc1ccccc1. The topological polar surface area (TPSA) is 68.2 Å². The minimum absolute atomic E-state index is 0.264. The number of amidine groups is 1. The molecule has 2 atom stereocenters. The van der Waals surface area contributed by atoms with Crippen molar-refractivity contribution in [2.24, 2.45) is 4.99 Å². The number of nitrogens with one attached hydrogen (secondary N) is 1. The number of fused-ring (bicyclic) bond motifs is 1. The molecule has 2 unspecified atom stereocenters. The van der Waals surface area contributed by atoms with E-state index in [1.807, 2.05) is 18.2 Å². The maximum Gasteiger partial charge on any atom is 0.325 e. The Bertz CT molecular complexity index is 750. The molecule has 0 saturated carbocycles. The standard InChI is InChI=1S/C20H27N5O2S/c1-23-17-16(18(26)22-19(23)27)25(14-15-8-4-2-5-9-15)20(21-17)28-13-12-24-10-6-3-7-11-24/h2,4-5,8-9,16-17H,3,6-7,10-14H2,1H3,(H,22,26,27). The third kappa shape index (κ3) is 4.03. The van der Waals surface area contributed by atoms with Crippen LogP contribution in [0.15, 0.2) is 35.3 Å². The number of carbonyl (C=O) groups is 2. The molecular weight excluding hydrogens is 374 g/mol. The molecule has 3 aliphatic rings. The Kier molecular flexibility index (Phi) is 5.87. The zero-order chi connectivity index (χ0) is 19.5. The van der Waals surface area contributed by atoms with E-state index in [9.17, 15) is 9.59 Å². The third-order valence-electron chi connectivity index (χ3n) is 5.61. The van der Waals surface area contributed by atoms with Crippen molar-refractivity contribution >= 4 is 28.9 Å². The minimum Gasteiger partial charge on any atom is -0.331 e. The first-order valence-corrected chi connectivity index (χ1v) is 10.9. The van der Waals surface area contributed by atoms with Crippen LogP contribution in [0.3, 0.4) is 0 Å². The number of imide groups is 1. The third-order valence-corrected chi connectivity index (χ3v) is 6.59. The predicted molar refractivity (Wildman–Crippen MR) is 111 cm³/mol. The summed E-state index contributed by atoms with van der Waals surface area (Å²) in [4.78, 5) is 35.5. The lowest BCUT2D eigenvalue weighted by atomic mass is 10.1. The summed E-state index contributed by atoms with van der Waals surface area (Å²) in [6, 6.07) is 9.24. The van der Waals surface area contributed by atoms with Crippen LogP contribution < -0.4 is 5.32 Å². The fourth-order valence-corrected chi connectivity index (χ4v) is 5.07. The number of piperidine rings is 1. The molecule has 28 heavy (non-hydrogen) atoms. The van der Waals surface area contributed by atoms with Gasteiger partial charge in [-0.2, -0.15) is 0 Å². The van der Waals surface area contributed by atoms with Crippen molar-refractivity contribution in [2.45, 2.75) is 38.0 Å². The molecule has 3 heterocycles. The van der Waals surface area contributed by atoms with E-state index in [1.54, 1.807) is 18.8 Å². The Morgan fingerprint density at radius 2 is 1.89 bits per heavy atom. The van der Waals surface area contributed by atoms with E-state index < -0.39 is 12.2 Å². The number of nitrogens with zero attached hydrogens (tertiary/aromatic N) is 4. The van der Waals surface area contributed by atoms with Crippen molar-refractivity contribution in [1.82, 2.24) is 20.0 Å². The van der Waals surface area contributed by atoms with Gasteiger partial charge in [-0.3, -0.25) is 10.1 Å². The fraction of sp³-hybridized carbons (Fsp3) is 0.550. The van der Waals surface area contributed by atoms with E-state index in [2.05, 4.69) is 27.2 Å². The molecule has 3 aliphatic heterocycles. The molecule has 0 bridgehead atoms. The van der Waals surface area contributed by atoms with Gasteiger partial charge in [0, 0.05) is 25.9 Å². The van der Waals surface area contributed by atoms with Gasteiger partial charge in [0.2, 0.25) is 0 Å². The predicted octanol–water partition coefficient (Wildman–Crippen LogP) is 1.95. The Morgan fingerprint density at radius 1 is 1.14 bits per heavy atom. The van der Waals surface area contributed by atoms with Crippen molar-refractivity contribution < 1.29 is 9.59 Å². The average molecular weight is 402 g/mol. The molecule has 7 nitrogen and oxygen atoms in total. The summed E-state index contributed by atoms with van der Waals surface area (Å²) in [6.07, 6.45) is 3.44. The van der Waals surface area contributed by atoms with Gasteiger partial charge in [0.15, 0.2) is 17.4 Å². The van der Waals surface area contributed by atoms with Gasteiger partial charge in [-0.1, -0.05) is 48.5 Å². The van der Waals surface area contributed by atoms with E-state index in [0.29, 0.717) is 6.54 Å². The summed E-state index contributed by atoms with van der Waals surface area (Å²) in [5.41, 5.74) is 1.12. The van der Waals surface area contributed by atoms with E-state index in [-0.39, 0.29) is 11.9 Å². The molecule has 1 N–H and O–H groups in total. The van der Waals surface area contributed by atoms with Crippen LogP contribution >= 0.6 is 11.8 Å². The number of urea groups is 1. The number of aliphatic imine (C=N–C) groups is 1. The first kappa shape index (κ1) is 19.3. The Hall–Kier alpha value is -2.06. The normalized spacial score (nSPS) is 25.5. The van der Waals surface area contributed by atoms with Crippen LogP contribution in [-0.2, 0) is 11.3 Å². The number of likely N-dealkylation sites (tertiary alicyclic amines) is 1. The van der Waals surface area contributed by atoms with Gasteiger partial charge in [-0.25, -0.2) is 9.79 Å². The maximum atomic E-state index is 12.6. The molecule has 8 heteroatoms. The maximum absolute atomic E-state index is 12.6. The average Bonchev–Trinajstić information content (AvgIpc) is 3.07. The molecule has 0 spiro atoms. The minimum atomic E-state index is -0.472. The number of carbonyl (C=O) groups excluding carboxylic acids is 2. The highest BCUT2D eigenvalue weighted by atomic mass is 32.2. The number of hydrogen-bond acceptors (Lipinski definition) is 6.